The van der Waals surface area contributed by atoms with Crippen molar-refractivity contribution in [3.63, 3.8) is 0 Å². The fraction of sp³-hybridized carbons (Fsp3) is 1.00. The first-order chi connectivity index (χ1) is 7.22. The van der Waals surface area contributed by atoms with Gasteiger partial charge in [0.05, 0.1) is 0 Å². The van der Waals surface area contributed by atoms with Crippen molar-refractivity contribution < 1.29 is 39.5 Å². The summed E-state index contributed by atoms with van der Waals surface area (Å²) in [5, 5.41) is 36.8. The molecule has 16 heavy (non-hydrogen) atoms. The molecule has 1 heterocycles. The molecule has 0 amide bonds. The highest BCUT2D eigenvalue weighted by Crippen LogP contribution is 2.38. The topological polar surface area (TPSA) is 146 Å². The summed E-state index contributed by atoms with van der Waals surface area (Å²) in [4.78, 5) is 21.0. The van der Waals surface area contributed by atoms with E-state index in [4.69, 9.17) is 10.2 Å². The molecule has 0 aliphatic carbocycles. The van der Waals surface area contributed by atoms with E-state index >= 15 is 0 Å². The van der Waals surface area contributed by atoms with Crippen molar-refractivity contribution in [2.75, 3.05) is 6.61 Å². The lowest BCUT2D eigenvalue weighted by atomic mass is 10.00. The van der Waals surface area contributed by atoms with Gasteiger partial charge in [-0.25, -0.2) is 0 Å². The highest BCUT2D eigenvalue weighted by Gasteiger charge is 2.43. The molecule has 1 aliphatic heterocycles. The number of ether oxygens (including phenoxy) is 1. The van der Waals surface area contributed by atoms with E-state index in [1.54, 1.807) is 0 Å². The van der Waals surface area contributed by atoms with Gasteiger partial charge in [0.25, 0.3) is 0 Å². The monoisotopic (exact) mass is 274 g/mol. The molecule has 8 nitrogen and oxygen atoms in total. The molecular weight excluding hydrogens is 263 g/mol. The fourth-order valence-corrected chi connectivity index (χ4v) is 1.75. The number of aliphatic hydroxyl groups is 4. The Morgan fingerprint density at radius 3 is 2.19 bits per heavy atom. The molecule has 0 bridgehead atoms. The summed E-state index contributed by atoms with van der Waals surface area (Å²) in [5.41, 5.74) is 0. The minimum Gasteiger partial charge on any atom is -0.676 e. The van der Waals surface area contributed by atoms with Gasteiger partial charge in [-0.1, -0.05) is 7.15 Å². The van der Waals surface area contributed by atoms with Crippen LogP contribution in [0.1, 0.15) is 0 Å². The second kappa shape index (κ2) is 5.40. The quantitative estimate of drug-likeness (QED) is 0.297. The number of hydrogen-bond donors (Lipinski definition) is 4. The van der Waals surface area contributed by atoms with Crippen LogP contribution in [-0.4, -0.2) is 57.7 Å². The Kier molecular flexibility index (Phi) is 4.90. The van der Waals surface area contributed by atoms with E-state index in [1.807, 2.05) is 0 Å². The number of aliphatic hydroxyl groups excluding tert-OH is 4. The van der Waals surface area contributed by atoms with Gasteiger partial charge in [-0.15, -0.1) is 0 Å². The van der Waals surface area contributed by atoms with Crippen molar-refractivity contribution in [1.82, 2.24) is 0 Å². The first-order valence-corrected chi connectivity index (χ1v) is 6.82. The van der Waals surface area contributed by atoms with Crippen molar-refractivity contribution in [3.05, 3.63) is 0 Å². The highest BCUT2D eigenvalue weighted by molar-refractivity contribution is 8.33. The second-order valence-corrected chi connectivity index (χ2v) is 5.77. The maximum absolute atomic E-state index is 10.5. The Bertz CT molecular complexity index is 235. The Labute approximate surface area is 96.8 Å². The zero-order chi connectivity index (χ0) is 12.5. The van der Waals surface area contributed by atoms with Crippen LogP contribution in [0.25, 0.3) is 0 Å². The van der Waals surface area contributed by atoms with Crippen molar-refractivity contribution in [3.8, 4) is 0 Å². The van der Waals surface area contributed by atoms with E-state index in [9.17, 15) is 20.0 Å². The van der Waals surface area contributed by atoms with E-state index in [2.05, 4.69) is 21.5 Å². The standard InChI is InChI=1S/C6H13O8PS/c7-3-2(1-13-15(11,12)16)14-6(10)5(9)4(3)8/h2-10H,1H2,(H2,11,12,16)/p-2/t2-,3-,4+,5+,6?/m1/s1. The minimum atomic E-state index is -4.40. The van der Waals surface area contributed by atoms with Crippen LogP contribution in [-0.2, 0) is 21.5 Å². The van der Waals surface area contributed by atoms with Gasteiger partial charge in [-0.05, 0) is 0 Å². The summed E-state index contributed by atoms with van der Waals surface area (Å²) in [7, 11) is -4.40. The molecule has 1 saturated heterocycles. The summed E-state index contributed by atoms with van der Waals surface area (Å²) in [6.45, 7) is -0.647. The minimum absolute atomic E-state index is 0.647. The molecule has 5 atom stereocenters. The highest BCUT2D eigenvalue weighted by atomic mass is 32.7. The van der Waals surface area contributed by atoms with Crippen LogP contribution in [0.15, 0.2) is 0 Å². The van der Waals surface area contributed by atoms with Crippen molar-refractivity contribution in [2.24, 2.45) is 0 Å². The molecular formula is C6H11O8PS-2. The first kappa shape index (κ1) is 14.5. The van der Waals surface area contributed by atoms with E-state index in [-0.39, 0.29) is 0 Å². The van der Waals surface area contributed by atoms with E-state index in [0.29, 0.717) is 0 Å². The van der Waals surface area contributed by atoms with E-state index < -0.39 is 44.5 Å². The molecule has 0 aromatic rings. The molecule has 1 aliphatic rings. The molecule has 1 fully saturated rings. The smallest absolute Gasteiger partial charge is 0.184 e. The molecule has 0 radical (unpaired) electrons. The predicted molar refractivity (Wildman–Crippen MR) is 49.1 cm³/mol. The summed E-state index contributed by atoms with van der Waals surface area (Å²) in [5.74, 6) is 0. The molecule has 4 N–H and O–H groups in total. The van der Waals surface area contributed by atoms with Gasteiger partial charge in [0, 0.05) is 0 Å². The van der Waals surface area contributed by atoms with Crippen LogP contribution in [0.3, 0.4) is 0 Å². The molecule has 1 unspecified atom stereocenters. The fourth-order valence-electron chi connectivity index (χ4n) is 1.23. The van der Waals surface area contributed by atoms with Crippen LogP contribution in [0, 0.1) is 0 Å². The third-order valence-electron chi connectivity index (χ3n) is 2.08. The molecule has 0 aromatic heterocycles. The van der Waals surface area contributed by atoms with Crippen LogP contribution >= 0.6 is 7.15 Å². The normalized spacial score (nSPS) is 41.1. The zero-order valence-corrected chi connectivity index (χ0v) is 9.58. The number of hydrogen-bond acceptors (Lipinski definition) is 9. The second-order valence-electron chi connectivity index (χ2n) is 3.28. The van der Waals surface area contributed by atoms with E-state index in [1.165, 1.54) is 0 Å². The molecule has 0 spiro atoms. The summed E-state index contributed by atoms with van der Waals surface area (Å²) in [6, 6.07) is 0. The van der Waals surface area contributed by atoms with Crippen LogP contribution < -0.4 is 9.79 Å². The van der Waals surface area contributed by atoms with Gasteiger partial charge in [-0.2, -0.15) is 0 Å². The number of rotatable bonds is 3. The third-order valence-corrected chi connectivity index (χ3v) is 2.87. The maximum Gasteiger partial charge on any atom is 0.184 e. The van der Waals surface area contributed by atoms with E-state index in [0.717, 1.165) is 0 Å². The predicted octanol–water partition coefficient (Wildman–Crippen LogP) is -4.25. The van der Waals surface area contributed by atoms with Crippen molar-refractivity contribution in [1.29, 1.82) is 0 Å². The lowest BCUT2D eigenvalue weighted by Gasteiger charge is -2.43. The molecule has 0 saturated carbocycles. The summed E-state index contributed by atoms with van der Waals surface area (Å²) >= 11 is 3.94. The lowest BCUT2D eigenvalue weighted by molar-refractivity contribution is -0.331. The lowest BCUT2D eigenvalue weighted by Crippen LogP contribution is -2.58. The Balaban J connectivity index is 2.54. The van der Waals surface area contributed by atoms with Gasteiger partial charge < -0.3 is 47.2 Å². The average Bonchev–Trinajstić information content (AvgIpc) is 2.17. The Morgan fingerprint density at radius 2 is 1.69 bits per heavy atom. The third kappa shape index (κ3) is 3.74. The van der Waals surface area contributed by atoms with Gasteiger partial charge in [0.2, 0.25) is 0 Å². The zero-order valence-electron chi connectivity index (χ0n) is 7.87. The first-order valence-electron chi connectivity index (χ1n) is 4.26. The van der Waals surface area contributed by atoms with Crippen LogP contribution in [0.4, 0.5) is 0 Å². The average molecular weight is 274 g/mol. The van der Waals surface area contributed by atoms with Crippen LogP contribution in [0.5, 0.6) is 0 Å². The Morgan fingerprint density at radius 1 is 1.12 bits per heavy atom. The van der Waals surface area contributed by atoms with Crippen molar-refractivity contribution in [2.45, 2.75) is 30.7 Å². The van der Waals surface area contributed by atoms with Crippen LogP contribution in [0.2, 0.25) is 0 Å². The van der Waals surface area contributed by atoms with Gasteiger partial charge >= 0.3 is 0 Å². The van der Waals surface area contributed by atoms with Gasteiger partial charge in [-0.3, -0.25) is 4.52 Å². The molecule has 0 aromatic carbocycles. The maximum atomic E-state index is 10.5. The molecule has 10 heteroatoms. The molecule has 1 rings (SSSR count). The SMILES string of the molecule is [O-][P+]([O-])([S-])OC[C@H]1OC(O)[C@@H](O)[C@@H](O)[C@@H]1O. The summed E-state index contributed by atoms with van der Waals surface area (Å²) < 4.78 is 8.84. The van der Waals surface area contributed by atoms with Gasteiger partial charge in [0.1, 0.15) is 31.0 Å². The largest absolute Gasteiger partial charge is 0.676 e. The van der Waals surface area contributed by atoms with Gasteiger partial charge in [0.15, 0.2) is 6.29 Å². The summed E-state index contributed by atoms with van der Waals surface area (Å²) in [6.07, 6.45) is -7.94. The molecule has 96 valence electrons. The Hall–Kier alpha value is 0.460. The van der Waals surface area contributed by atoms with Crippen molar-refractivity contribution >= 4 is 19.4 Å².